The molecule has 4 saturated carbocycles. The highest BCUT2D eigenvalue weighted by Gasteiger charge is 2.82. The quantitative estimate of drug-likeness (QED) is 0.743. The Kier molecular flexibility index (Phi) is 3.67. The van der Waals surface area contributed by atoms with E-state index in [4.69, 9.17) is 0 Å². The first kappa shape index (κ1) is 19.3. The number of aliphatic hydroxyl groups is 1. The third-order valence-electron chi connectivity index (χ3n) is 11.4. The van der Waals surface area contributed by atoms with Crippen LogP contribution in [0, 0.1) is 44.8 Å². The van der Waals surface area contributed by atoms with Gasteiger partial charge < -0.3 is 10.4 Å². The van der Waals surface area contributed by atoms with Crippen molar-refractivity contribution in [2.24, 2.45) is 44.8 Å². The molecule has 5 aliphatic carbocycles. The molecule has 5 aliphatic rings. The van der Waals surface area contributed by atoms with E-state index in [0.29, 0.717) is 35.0 Å². The zero-order valence-electron chi connectivity index (χ0n) is 18.6. The Morgan fingerprint density at radius 1 is 1.11 bits per heavy atom. The van der Waals surface area contributed by atoms with Crippen LogP contribution in [0.2, 0.25) is 0 Å². The summed E-state index contributed by atoms with van der Waals surface area (Å²) in [6.45, 7) is 11.6. The highest BCUT2D eigenvalue weighted by atomic mass is 16.3. The lowest BCUT2D eigenvalue weighted by Crippen LogP contribution is -2.57. The molecule has 156 valence electrons. The summed E-state index contributed by atoms with van der Waals surface area (Å²) in [6, 6.07) is 0.339. The molecule has 3 nitrogen and oxygen atoms in total. The second-order valence-electron chi connectivity index (χ2n) is 12.2. The Labute approximate surface area is 170 Å². The second-order valence-corrected chi connectivity index (χ2v) is 12.2. The highest BCUT2D eigenvalue weighted by Crippen LogP contribution is 2.87. The Bertz CT molecular complexity index is 758. The van der Waals surface area contributed by atoms with E-state index in [0.717, 1.165) is 6.42 Å². The smallest absolute Gasteiger partial charge is 0.161 e. The molecule has 4 fully saturated rings. The van der Waals surface area contributed by atoms with Gasteiger partial charge in [0.1, 0.15) is 0 Å². The molecule has 3 heteroatoms. The first-order valence-electron chi connectivity index (χ1n) is 11.6. The van der Waals surface area contributed by atoms with Crippen molar-refractivity contribution in [3.05, 3.63) is 12.2 Å². The Balaban J connectivity index is 1.57. The third kappa shape index (κ3) is 1.84. The van der Waals surface area contributed by atoms with Crippen LogP contribution in [-0.2, 0) is 4.79 Å². The van der Waals surface area contributed by atoms with Crippen LogP contribution in [0.15, 0.2) is 12.2 Å². The van der Waals surface area contributed by atoms with Gasteiger partial charge in [-0.1, -0.05) is 33.8 Å². The maximum Gasteiger partial charge on any atom is 0.161 e. The van der Waals surface area contributed by atoms with Gasteiger partial charge >= 0.3 is 0 Å². The van der Waals surface area contributed by atoms with Crippen LogP contribution in [0.5, 0.6) is 0 Å². The van der Waals surface area contributed by atoms with E-state index in [-0.39, 0.29) is 27.8 Å². The predicted octanol–water partition coefficient (Wildman–Crippen LogP) is 4.35. The Hall–Kier alpha value is -0.670. The zero-order valence-corrected chi connectivity index (χ0v) is 18.6. The molecule has 0 radical (unpaired) electrons. The third-order valence-corrected chi connectivity index (χ3v) is 11.4. The molecule has 0 aromatic heterocycles. The summed E-state index contributed by atoms with van der Waals surface area (Å²) in [6.07, 6.45) is 11.2. The van der Waals surface area contributed by atoms with Gasteiger partial charge in [0, 0.05) is 17.4 Å². The summed E-state index contributed by atoms with van der Waals surface area (Å²) in [4.78, 5) is 12.7. The molecule has 0 amide bonds. The van der Waals surface area contributed by atoms with Crippen LogP contribution in [-0.4, -0.2) is 30.1 Å². The van der Waals surface area contributed by atoms with Crippen molar-refractivity contribution in [1.82, 2.24) is 5.32 Å². The van der Waals surface area contributed by atoms with Crippen LogP contribution in [0.4, 0.5) is 0 Å². The van der Waals surface area contributed by atoms with E-state index in [1.165, 1.54) is 32.1 Å². The summed E-state index contributed by atoms with van der Waals surface area (Å²) in [5.74, 6) is 1.83. The molecule has 2 spiro atoms. The molecule has 0 saturated heterocycles. The topological polar surface area (TPSA) is 49.3 Å². The zero-order chi connectivity index (χ0) is 20.3. The van der Waals surface area contributed by atoms with Crippen molar-refractivity contribution >= 4 is 5.78 Å². The fraction of sp³-hybridized carbons (Fsp3) is 0.880. The van der Waals surface area contributed by atoms with Gasteiger partial charge in [0.2, 0.25) is 0 Å². The fourth-order valence-electron chi connectivity index (χ4n) is 9.78. The van der Waals surface area contributed by atoms with Crippen molar-refractivity contribution in [2.45, 2.75) is 85.3 Å². The van der Waals surface area contributed by atoms with Crippen molar-refractivity contribution in [2.75, 3.05) is 7.05 Å². The summed E-state index contributed by atoms with van der Waals surface area (Å²) in [5, 5.41) is 14.6. The van der Waals surface area contributed by atoms with Crippen LogP contribution in [0.1, 0.15) is 73.1 Å². The van der Waals surface area contributed by atoms with Crippen LogP contribution in [0.3, 0.4) is 0 Å². The van der Waals surface area contributed by atoms with Gasteiger partial charge in [-0.25, -0.2) is 0 Å². The first-order valence-corrected chi connectivity index (χ1v) is 11.6. The Morgan fingerprint density at radius 2 is 1.79 bits per heavy atom. The van der Waals surface area contributed by atoms with E-state index in [1.807, 2.05) is 13.1 Å². The second kappa shape index (κ2) is 5.32. The average Bonchev–Trinajstić information content (AvgIpc) is 3.24. The lowest BCUT2D eigenvalue weighted by Gasteiger charge is -2.61. The molecule has 0 aliphatic heterocycles. The molecule has 0 unspecified atom stereocenters. The standard InChI is InChI=1S/C25H39NO2/c1-15(26-6)20-16(27)13-23(5)18-8-7-17-21(2,3)19(28)9-10-24(17)14-25(18,24)12-11-22(20,23)4/h9-10,15-18,20,26-27H,7-8,11-14H2,1-6H3/t15-,16+,17-,18-,20-,22+,23-,24+,25-/m0/s1. The maximum atomic E-state index is 12.7. The number of hydrogen-bond donors (Lipinski definition) is 2. The molecule has 0 aromatic carbocycles. The minimum atomic E-state index is -0.219. The fourth-order valence-corrected chi connectivity index (χ4v) is 9.78. The van der Waals surface area contributed by atoms with E-state index in [2.05, 4.69) is 46.0 Å². The number of fused-ring (bicyclic) bond motifs is 2. The minimum Gasteiger partial charge on any atom is -0.393 e. The molecule has 9 atom stereocenters. The number of nitrogens with one attached hydrogen (secondary N) is 1. The molecule has 0 aromatic rings. The first-order chi connectivity index (χ1) is 13.0. The molecule has 5 rings (SSSR count). The molecular formula is C25H39NO2. The molecule has 0 heterocycles. The molecule has 2 N–H and O–H groups in total. The van der Waals surface area contributed by atoms with Gasteiger partial charge in [0.25, 0.3) is 0 Å². The Morgan fingerprint density at radius 3 is 2.46 bits per heavy atom. The van der Waals surface area contributed by atoms with Crippen LogP contribution in [0.25, 0.3) is 0 Å². The summed E-state index contributed by atoms with van der Waals surface area (Å²) >= 11 is 0. The number of rotatable bonds is 2. The highest BCUT2D eigenvalue weighted by molar-refractivity contribution is 5.96. The molecular weight excluding hydrogens is 346 g/mol. The summed E-state index contributed by atoms with van der Waals surface area (Å²) < 4.78 is 0. The molecule has 28 heavy (non-hydrogen) atoms. The van der Waals surface area contributed by atoms with Crippen LogP contribution >= 0.6 is 0 Å². The minimum absolute atomic E-state index is 0.186. The van der Waals surface area contributed by atoms with Gasteiger partial charge in [-0.05, 0) is 92.1 Å². The van der Waals surface area contributed by atoms with E-state index in [9.17, 15) is 9.90 Å². The van der Waals surface area contributed by atoms with Gasteiger partial charge in [0.15, 0.2) is 5.78 Å². The van der Waals surface area contributed by atoms with Crippen molar-refractivity contribution in [3.8, 4) is 0 Å². The lowest BCUT2D eigenvalue weighted by molar-refractivity contribution is -0.140. The monoisotopic (exact) mass is 385 g/mol. The largest absolute Gasteiger partial charge is 0.393 e. The van der Waals surface area contributed by atoms with Crippen molar-refractivity contribution in [3.63, 3.8) is 0 Å². The SMILES string of the molecule is CN[C@@H](C)[C@H]1[C@H](O)C[C@@]2(C)[C@@H]3CC[C@H]4C(C)(C)C(=O)C=C[C@@]45C[C@@]35CC[C@]12C. The number of allylic oxidation sites excluding steroid dienone is 2. The average molecular weight is 386 g/mol. The maximum absolute atomic E-state index is 12.7. The van der Waals surface area contributed by atoms with Gasteiger partial charge in [-0.15, -0.1) is 0 Å². The van der Waals surface area contributed by atoms with E-state index >= 15 is 0 Å². The number of hydrogen-bond acceptors (Lipinski definition) is 3. The molecule has 0 bridgehead atoms. The summed E-state index contributed by atoms with van der Waals surface area (Å²) in [5.41, 5.74) is 0.772. The normalized spacial score (nSPS) is 57.0. The predicted molar refractivity (Wildman–Crippen MR) is 112 cm³/mol. The number of carbonyl (C=O) groups excluding carboxylic acids is 1. The van der Waals surface area contributed by atoms with Gasteiger partial charge in [-0.2, -0.15) is 0 Å². The van der Waals surface area contributed by atoms with E-state index in [1.54, 1.807) is 0 Å². The van der Waals surface area contributed by atoms with Gasteiger partial charge in [0.05, 0.1) is 6.10 Å². The number of carbonyl (C=O) groups is 1. The van der Waals surface area contributed by atoms with Crippen molar-refractivity contribution < 1.29 is 9.90 Å². The van der Waals surface area contributed by atoms with Crippen LogP contribution < -0.4 is 5.32 Å². The number of ketones is 1. The van der Waals surface area contributed by atoms with E-state index < -0.39 is 0 Å². The summed E-state index contributed by atoms with van der Waals surface area (Å²) in [7, 11) is 2.04. The number of aliphatic hydroxyl groups excluding tert-OH is 1. The lowest BCUT2D eigenvalue weighted by atomic mass is 9.42. The van der Waals surface area contributed by atoms with Gasteiger partial charge in [-0.3, -0.25) is 4.79 Å². The van der Waals surface area contributed by atoms with Crippen molar-refractivity contribution in [1.29, 1.82) is 0 Å².